The van der Waals surface area contributed by atoms with Gasteiger partial charge in [-0.3, -0.25) is 14.4 Å². The van der Waals surface area contributed by atoms with Gasteiger partial charge < -0.3 is 28.4 Å². The second-order valence-corrected chi connectivity index (χ2v) is 5.85. The number of Topliss-reactive ketones (excluding diaryl/α,β-unsaturated/α-hetero) is 3. The summed E-state index contributed by atoms with van der Waals surface area (Å²) in [7, 11) is 5.85. The van der Waals surface area contributed by atoms with Gasteiger partial charge in [-0.2, -0.15) is 0 Å². The van der Waals surface area contributed by atoms with Crippen LogP contribution in [0.3, 0.4) is 0 Å². The predicted octanol–water partition coefficient (Wildman–Crippen LogP) is 1.89. The Hall–Kier alpha value is -3.75. The Labute approximate surface area is 173 Å². The lowest BCUT2D eigenvalue weighted by Crippen LogP contribution is -2.32. The topological polar surface area (TPSA) is 107 Å². The maximum absolute atomic E-state index is 12.0. The molecule has 0 fully saturated rings. The van der Waals surface area contributed by atoms with E-state index >= 15 is 0 Å². The summed E-state index contributed by atoms with van der Waals surface area (Å²) in [4.78, 5) is 36.1. The first-order valence-corrected chi connectivity index (χ1v) is 8.72. The lowest BCUT2D eigenvalue weighted by atomic mass is 10.2. The van der Waals surface area contributed by atoms with Crippen LogP contribution in [0.1, 0.15) is 0 Å². The summed E-state index contributed by atoms with van der Waals surface area (Å²) in [6.45, 7) is -1.23. The zero-order chi connectivity index (χ0) is 22.1. The molecule has 0 radical (unpaired) electrons. The van der Waals surface area contributed by atoms with Crippen molar-refractivity contribution in [2.75, 3.05) is 41.7 Å². The van der Waals surface area contributed by atoms with Crippen molar-refractivity contribution < 1.29 is 42.8 Å². The average molecular weight is 418 g/mol. The summed E-state index contributed by atoms with van der Waals surface area (Å²) in [6.07, 6.45) is 0. The minimum Gasteiger partial charge on any atom is -0.496 e. The lowest BCUT2D eigenvalue weighted by molar-refractivity contribution is -0.145. The summed E-state index contributed by atoms with van der Waals surface area (Å²) >= 11 is 0. The molecule has 0 heterocycles. The van der Waals surface area contributed by atoms with E-state index in [1.807, 2.05) is 0 Å². The quantitative estimate of drug-likeness (QED) is 0.377. The second-order valence-electron chi connectivity index (χ2n) is 5.85. The number of hydrogen-bond donors (Lipinski definition) is 0. The van der Waals surface area contributed by atoms with E-state index in [4.69, 9.17) is 28.4 Å². The average Bonchev–Trinajstić information content (AvgIpc) is 2.79. The molecule has 0 spiro atoms. The van der Waals surface area contributed by atoms with Crippen LogP contribution in [0.4, 0.5) is 0 Å². The highest BCUT2D eigenvalue weighted by Gasteiger charge is 2.24. The third-order valence-corrected chi connectivity index (χ3v) is 3.90. The molecule has 0 saturated heterocycles. The van der Waals surface area contributed by atoms with E-state index in [0.29, 0.717) is 23.0 Å². The van der Waals surface area contributed by atoms with Gasteiger partial charge in [0.2, 0.25) is 11.6 Å². The third-order valence-electron chi connectivity index (χ3n) is 3.90. The third kappa shape index (κ3) is 6.13. The lowest BCUT2D eigenvalue weighted by Gasteiger charge is -2.10. The van der Waals surface area contributed by atoms with Crippen LogP contribution in [-0.2, 0) is 14.4 Å². The largest absolute Gasteiger partial charge is 0.496 e. The molecule has 0 aliphatic carbocycles. The van der Waals surface area contributed by atoms with Crippen LogP contribution in [0, 0.1) is 0 Å². The van der Waals surface area contributed by atoms with Gasteiger partial charge in [0.1, 0.15) is 34.5 Å². The predicted molar refractivity (Wildman–Crippen MR) is 105 cm³/mol. The van der Waals surface area contributed by atoms with Crippen molar-refractivity contribution in [1.82, 2.24) is 0 Å². The summed E-state index contributed by atoms with van der Waals surface area (Å²) in [5, 5.41) is 0. The second kappa shape index (κ2) is 10.7. The molecular weight excluding hydrogens is 396 g/mol. The molecule has 0 saturated carbocycles. The Bertz CT molecular complexity index is 803. The van der Waals surface area contributed by atoms with E-state index in [9.17, 15) is 14.4 Å². The molecule has 0 amide bonds. The SMILES string of the molecule is COc1cc(OC)cc(OCC(=O)C(=O)C(=O)COc2cc(OC)cc(OC)c2)c1. The highest BCUT2D eigenvalue weighted by atomic mass is 16.5. The van der Waals surface area contributed by atoms with E-state index in [2.05, 4.69) is 0 Å². The van der Waals surface area contributed by atoms with Crippen LogP contribution in [0.25, 0.3) is 0 Å². The first-order chi connectivity index (χ1) is 14.4. The highest BCUT2D eigenvalue weighted by molar-refractivity contribution is 6.64. The van der Waals surface area contributed by atoms with Crippen molar-refractivity contribution in [2.45, 2.75) is 0 Å². The van der Waals surface area contributed by atoms with Crippen LogP contribution in [0.5, 0.6) is 34.5 Å². The minimum atomic E-state index is -1.22. The van der Waals surface area contributed by atoms with Gasteiger partial charge in [-0.1, -0.05) is 0 Å². The summed E-state index contributed by atoms with van der Waals surface area (Å²) < 4.78 is 31.0. The van der Waals surface area contributed by atoms with Crippen molar-refractivity contribution in [2.24, 2.45) is 0 Å². The van der Waals surface area contributed by atoms with Crippen LogP contribution < -0.4 is 28.4 Å². The molecule has 9 nitrogen and oxygen atoms in total. The summed E-state index contributed by atoms with van der Waals surface area (Å²) in [5.74, 6) is -0.953. The molecule has 0 aliphatic heterocycles. The highest BCUT2D eigenvalue weighted by Crippen LogP contribution is 2.28. The first kappa shape index (κ1) is 22.5. The smallest absolute Gasteiger partial charge is 0.271 e. The van der Waals surface area contributed by atoms with Gasteiger partial charge in [0.15, 0.2) is 13.2 Å². The Morgan fingerprint density at radius 1 is 0.533 bits per heavy atom. The standard InChI is InChI=1S/C21H22O9/c1-25-13-5-14(26-2)8-17(7-13)29-11-19(22)21(24)20(23)12-30-18-9-15(27-3)6-16(10-18)28-4/h5-10H,11-12H2,1-4H3. The van der Waals surface area contributed by atoms with Gasteiger partial charge in [-0.15, -0.1) is 0 Å². The maximum atomic E-state index is 12.0. The Balaban J connectivity index is 1.93. The molecule has 2 aromatic rings. The molecule has 160 valence electrons. The molecule has 0 aliphatic rings. The molecule has 9 heteroatoms. The number of rotatable bonds is 12. The normalized spacial score (nSPS) is 10.0. The van der Waals surface area contributed by atoms with Crippen LogP contribution >= 0.6 is 0 Å². The van der Waals surface area contributed by atoms with Gasteiger partial charge in [0, 0.05) is 36.4 Å². The van der Waals surface area contributed by atoms with Crippen LogP contribution in [0.15, 0.2) is 36.4 Å². The van der Waals surface area contributed by atoms with E-state index in [-0.39, 0.29) is 11.5 Å². The maximum Gasteiger partial charge on any atom is 0.271 e. The fraction of sp³-hybridized carbons (Fsp3) is 0.286. The van der Waals surface area contributed by atoms with Gasteiger partial charge in [0.25, 0.3) is 5.78 Å². The van der Waals surface area contributed by atoms with E-state index in [0.717, 1.165) is 0 Å². The van der Waals surface area contributed by atoms with Gasteiger partial charge in [-0.05, 0) is 0 Å². The van der Waals surface area contributed by atoms with Gasteiger partial charge >= 0.3 is 0 Å². The van der Waals surface area contributed by atoms with Gasteiger partial charge in [0.05, 0.1) is 28.4 Å². The minimum absolute atomic E-state index is 0.250. The first-order valence-electron chi connectivity index (χ1n) is 8.72. The molecule has 0 unspecified atom stereocenters. The van der Waals surface area contributed by atoms with E-state index in [1.54, 1.807) is 12.1 Å². The number of benzene rings is 2. The van der Waals surface area contributed by atoms with Gasteiger partial charge in [-0.25, -0.2) is 0 Å². The van der Waals surface area contributed by atoms with Crippen LogP contribution in [-0.4, -0.2) is 59.0 Å². The van der Waals surface area contributed by atoms with Crippen molar-refractivity contribution in [1.29, 1.82) is 0 Å². The molecule has 2 rings (SSSR count). The zero-order valence-corrected chi connectivity index (χ0v) is 17.1. The van der Waals surface area contributed by atoms with Crippen LogP contribution in [0.2, 0.25) is 0 Å². The fourth-order valence-corrected chi connectivity index (χ4v) is 2.31. The molecule has 0 aromatic heterocycles. The van der Waals surface area contributed by atoms with Crippen molar-refractivity contribution in [3.63, 3.8) is 0 Å². The number of ketones is 3. The molecule has 0 atom stereocenters. The number of carbonyl (C=O) groups is 3. The van der Waals surface area contributed by atoms with E-state index in [1.165, 1.54) is 52.7 Å². The number of hydrogen-bond acceptors (Lipinski definition) is 9. The number of carbonyl (C=O) groups excluding carboxylic acids is 3. The number of methoxy groups -OCH3 is 4. The molecule has 0 bridgehead atoms. The molecular formula is C21H22O9. The monoisotopic (exact) mass is 418 g/mol. The fourth-order valence-electron chi connectivity index (χ4n) is 2.31. The zero-order valence-electron chi connectivity index (χ0n) is 17.1. The summed E-state index contributed by atoms with van der Waals surface area (Å²) in [6, 6.07) is 9.30. The molecule has 30 heavy (non-hydrogen) atoms. The molecule has 0 N–H and O–H groups in total. The Morgan fingerprint density at radius 2 is 0.800 bits per heavy atom. The number of ether oxygens (including phenoxy) is 6. The van der Waals surface area contributed by atoms with E-state index < -0.39 is 30.6 Å². The van der Waals surface area contributed by atoms with Crippen molar-refractivity contribution >= 4 is 17.3 Å². The van der Waals surface area contributed by atoms with Crippen molar-refractivity contribution in [3.05, 3.63) is 36.4 Å². The Kier molecular flexibility index (Phi) is 8.04. The molecule has 2 aromatic carbocycles. The Morgan fingerprint density at radius 3 is 1.07 bits per heavy atom. The summed E-state index contributed by atoms with van der Waals surface area (Å²) in [5.41, 5.74) is 0. The van der Waals surface area contributed by atoms with Crippen molar-refractivity contribution in [3.8, 4) is 34.5 Å².